The van der Waals surface area contributed by atoms with Gasteiger partial charge >= 0.3 is 0 Å². The SMILES string of the molecule is COCc1nn(C)c(C)c1-c1cccc2c(CCCOc3cc(C)c(Cl)c(C)c3)c(C(=O)NSc3ccccc3)n(C)c12. The van der Waals surface area contributed by atoms with Crippen LogP contribution in [0.5, 0.6) is 5.75 Å². The first-order valence-electron chi connectivity index (χ1n) is 14.2. The summed E-state index contributed by atoms with van der Waals surface area (Å²) in [6.07, 6.45) is 1.40. The number of ether oxygens (including phenoxy) is 2. The number of hydrogen-bond acceptors (Lipinski definition) is 5. The summed E-state index contributed by atoms with van der Waals surface area (Å²) in [5, 5.41) is 6.53. The number of rotatable bonds is 11. The number of nitrogens with one attached hydrogen (secondary N) is 1. The molecule has 1 amide bonds. The van der Waals surface area contributed by atoms with Crippen LogP contribution in [-0.2, 0) is 31.9 Å². The van der Waals surface area contributed by atoms with Gasteiger partial charge in [-0.2, -0.15) is 5.10 Å². The first-order valence-corrected chi connectivity index (χ1v) is 15.4. The molecular formula is C34H37ClN4O3S. The Hall–Kier alpha value is -3.72. The number of aromatic nitrogens is 3. The number of nitrogens with zero attached hydrogens (tertiary/aromatic N) is 3. The van der Waals surface area contributed by atoms with Crippen molar-refractivity contribution in [2.75, 3.05) is 13.7 Å². The highest BCUT2D eigenvalue weighted by Crippen LogP contribution is 2.38. The van der Waals surface area contributed by atoms with E-state index in [1.165, 1.54) is 11.9 Å². The number of amides is 1. The maximum absolute atomic E-state index is 13.8. The zero-order valence-corrected chi connectivity index (χ0v) is 27.0. The molecule has 2 aromatic heterocycles. The lowest BCUT2D eigenvalue weighted by molar-refractivity contribution is 0.0976. The van der Waals surface area contributed by atoms with E-state index >= 15 is 0 Å². The molecule has 0 spiro atoms. The number of carbonyl (C=O) groups is 1. The van der Waals surface area contributed by atoms with E-state index in [2.05, 4.69) is 29.8 Å². The van der Waals surface area contributed by atoms with Crippen molar-refractivity contribution in [3.8, 4) is 16.9 Å². The van der Waals surface area contributed by atoms with Gasteiger partial charge in [0.15, 0.2) is 0 Å². The molecule has 5 aromatic rings. The van der Waals surface area contributed by atoms with E-state index in [0.717, 1.165) is 72.2 Å². The van der Waals surface area contributed by atoms with Gasteiger partial charge in [-0.15, -0.1) is 0 Å². The van der Waals surface area contributed by atoms with Gasteiger partial charge in [0.2, 0.25) is 0 Å². The van der Waals surface area contributed by atoms with Gasteiger partial charge in [0.25, 0.3) is 5.91 Å². The van der Waals surface area contributed by atoms with Crippen molar-refractivity contribution >= 4 is 40.4 Å². The number of para-hydroxylation sites is 1. The molecule has 0 atom stereocenters. The van der Waals surface area contributed by atoms with Crippen molar-refractivity contribution in [2.24, 2.45) is 14.1 Å². The quantitative estimate of drug-likeness (QED) is 0.121. The van der Waals surface area contributed by atoms with Crippen molar-refractivity contribution < 1.29 is 14.3 Å². The fourth-order valence-electron chi connectivity index (χ4n) is 5.67. The van der Waals surface area contributed by atoms with Crippen LogP contribution < -0.4 is 9.46 Å². The average Bonchev–Trinajstić information content (AvgIpc) is 3.44. The molecule has 0 bridgehead atoms. The number of carbonyl (C=O) groups excluding carboxylic acids is 1. The highest BCUT2D eigenvalue weighted by molar-refractivity contribution is 7.98. The predicted molar refractivity (Wildman–Crippen MR) is 175 cm³/mol. The third-order valence-electron chi connectivity index (χ3n) is 7.74. The van der Waals surface area contributed by atoms with Crippen molar-refractivity contribution in [2.45, 2.75) is 45.1 Å². The van der Waals surface area contributed by atoms with E-state index in [4.69, 9.17) is 26.2 Å². The second-order valence-corrected chi connectivity index (χ2v) is 12.0. The Balaban J connectivity index is 1.52. The number of fused-ring (bicyclic) bond motifs is 1. The maximum atomic E-state index is 13.8. The number of methoxy groups -OCH3 is 1. The fraction of sp³-hybridized carbons (Fsp3) is 0.294. The summed E-state index contributed by atoms with van der Waals surface area (Å²) in [4.78, 5) is 14.8. The van der Waals surface area contributed by atoms with Crippen LogP contribution >= 0.6 is 23.5 Å². The number of halogens is 1. The molecule has 7 nitrogen and oxygen atoms in total. The highest BCUT2D eigenvalue weighted by Gasteiger charge is 2.25. The van der Waals surface area contributed by atoms with E-state index in [9.17, 15) is 4.79 Å². The molecule has 0 radical (unpaired) electrons. The molecule has 0 unspecified atom stereocenters. The molecule has 0 aliphatic heterocycles. The van der Waals surface area contributed by atoms with Gasteiger partial charge < -0.3 is 14.0 Å². The second kappa shape index (κ2) is 13.3. The standard InChI is InChI=1S/C34H37ClN4O3S/c1-21-18-24(19-22(2)31(21)35)42-17-11-16-27-26-14-10-15-28(30-23(3)39(5)36-29(30)20-41-6)32(26)38(4)33(27)34(40)37-43-25-12-8-7-9-13-25/h7-10,12-15,18-19H,11,16-17,20H2,1-6H3,(H,37,40). The minimum atomic E-state index is -0.140. The van der Waals surface area contributed by atoms with Crippen LogP contribution in [0.1, 0.15) is 45.0 Å². The first-order chi connectivity index (χ1) is 20.7. The molecule has 0 saturated carbocycles. The zero-order valence-electron chi connectivity index (χ0n) is 25.5. The van der Waals surface area contributed by atoms with E-state index in [0.29, 0.717) is 25.3 Å². The van der Waals surface area contributed by atoms with Gasteiger partial charge in [0.1, 0.15) is 11.4 Å². The molecule has 43 heavy (non-hydrogen) atoms. The molecule has 3 aromatic carbocycles. The van der Waals surface area contributed by atoms with Crippen LogP contribution in [0.25, 0.3) is 22.0 Å². The molecule has 0 saturated heterocycles. The van der Waals surface area contributed by atoms with Crippen LogP contribution in [0.15, 0.2) is 65.6 Å². The summed E-state index contributed by atoms with van der Waals surface area (Å²) in [5.74, 6) is 0.660. The van der Waals surface area contributed by atoms with Gasteiger partial charge in [-0.3, -0.25) is 14.2 Å². The Morgan fingerprint density at radius 2 is 1.74 bits per heavy atom. The summed E-state index contributed by atoms with van der Waals surface area (Å²) < 4.78 is 18.6. The predicted octanol–water partition coefficient (Wildman–Crippen LogP) is 7.75. The van der Waals surface area contributed by atoms with E-state index in [1.54, 1.807) is 7.11 Å². The number of aryl methyl sites for hydroxylation is 5. The largest absolute Gasteiger partial charge is 0.494 e. The van der Waals surface area contributed by atoms with Gasteiger partial charge in [-0.05, 0) is 86.5 Å². The minimum absolute atomic E-state index is 0.140. The fourth-order valence-corrected chi connectivity index (χ4v) is 6.38. The van der Waals surface area contributed by atoms with Gasteiger partial charge in [0, 0.05) is 53.3 Å². The Morgan fingerprint density at radius 1 is 1.02 bits per heavy atom. The van der Waals surface area contributed by atoms with Crippen molar-refractivity contribution in [3.05, 3.63) is 99.5 Å². The summed E-state index contributed by atoms with van der Waals surface area (Å²) >= 11 is 7.66. The van der Waals surface area contributed by atoms with Crippen LogP contribution in [0, 0.1) is 20.8 Å². The first kappa shape index (κ1) is 30.7. The lowest BCUT2D eigenvalue weighted by Gasteiger charge is -2.11. The van der Waals surface area contributed by atoms with Crippen molar-refractivity contribution in [1.29, 1.82) is 0 Å². The number of benzene rings is 3. The van der Waals surface area contributed by atoms with Gasteiger partial charge in [-0.25, -0.2) is 0 Å². The normalized spacial score (nSPS) is 11.3. The van der Waals surface area contributed by atoms with E-state index in [-0.39, 0.29) is 5.91 Å². The minimum Gasteiger partial charge on any atom is -0.494 e. The lowest BCUT2D eigenvalue weighted by atomic mass is 9.98. The lowest BCUT2D eigenvalue weighted by Crippen LogP contribution is -2.20. The van der Waals surface area contributed by atoms with E-state index in [1.807, 2.05) is 79.7 Å². The van der Waals surface area contributed by atoms with Crippen LogP contribution in [0.2, 0.25) is 5.02 Å². The van der Waals surface area contributed by atoms with Crippen molar-refractivity contribution in [1.82, 2.24) is 19.1 Å². The number of hydrogen-bond donors (Lipinski definition) is 1. The summed E-state index contributed by atoms with van der Waals surface area (Å²) in [7, 11) is 5.59. The highest BCUT2D eigenvalue weighted by atomic mass is 35.5. The molecule has 224 valence electrons. The molecule has 1 N–H and O–H groups in total. The molecule has 5 rings (SSSR count). The topological polar surface area (TPSA) is 70.3 Å². The van der Waals surface area contributed by atoms with Crippen LogP contribution in [0.3, 0.4) is 0 Å². The van der Waals surface area contributed by atoms with Crippen LogP contribution in [0.4, 0.5) is 0 Å². The molecule has 0 fully saturated rings. The Bertz CT molecular complexity index is 1760. The average molecular weight is 617 g/mol. The Labute approximate surface area is 262 Å². The molecule has 2 heterocycles. The van der Waals surface area contributed by atoms with Crippen LogP contribution in [-0.4, -0.2) is 34.0 Å². The maximum Gasteiger partial charge on any atom is 0.278 e. The summed E-state index contributed by atoms with van der Waals surface area (Å²) in [6.45, 7) is 6.93. The third-order valence-corrected chi connectivity index (χ3v) is 9.14. The molecule has 0 aliphatic rings. The summed E-state index contributed by atoms with van der Waals surface area (Å²) in [5.41, 5.74) is 8.57. The Morgan fingerprint density at radius 3 is 2.44 bits per heavy atom. The second-order valence-electron chi connectivity index (χ2n) is 10.7. The smallest absolute Gasteiger partial charge is 0.278 e. The third kappa shape index (κ3) is 6.32. The van der Waals surface area contributed by atoms with E-state index < -0.39 is 0 Å². The molecular weight excluding hydrogens is 580 g/mol. The van der Waals surface area contributed by atoms with Gasteiger partial charge in [0.05, 0.1) is 24.4 Å². The van der Waals surface area contributed by atoms with Crippen molar-refractivity contribution in [3.63, 3.8) is 0 Å². The monoisotopic (exact) mass is 616 g/mol. The molecule has 9 heteroatoms. The molecule has 0 aliphatic carbocycles. The zero-order chi connectivity index (χ0) is 30.7. The van der Waals surface area contributed by atoms with Gasteiger partial charge in [-0.1, -0.05) is 48.0 Å². The Kier molecular flexibility index (Phi) is 9.49. The summed E-state index contributed by atoms with van der Waals surface area (Å²) in [6, 6.07) is 20.0.